The minimum absolute atomic E-state index is 0.378. The fraction of sp³-hybridized carbons (Fsp3) is 0.533. The fourth-order valence-corrected chi connectivity index (χ4v) is 1.67. The van der Waals surface area contributed by atoms with Crippen LogP contribution in [0.3, 0.4) is 0 Å². The molecule has 0 aromatic heterocycles. The van der Waals surface area contributed by atoms with Gasteiger partial charge in [-0.3, -0.25) is 4.79 Å². The van der Waals surface area contributed by atoms with Crippen LogP contribution in [0.5, 0.6) is 5.75 Å². The topological polar surface area (TPSA) is 61.5 Å². The monoisotopic (exact) mass is 265 g/mol. The molecule has 1 unspecified atom stereocenters. The van der Waals surface area contributed by atoms with Crippen LogP contribution in [0, 0.1) is 0 Å². The Labute approximate surface area is 114 Å². The SMILES string of the molecule is COC(=O)C(C)(N)CCOc1ccc(C(C)C)cc1. The average Bonchev–Trinajstić information content (AvgIpc) is 2.38. The van der Waals surface area contributed by atoms with Gasteiger partial charge in [0.15, 0.2) is 0 Å². The zero-order chi connectivity index (χ0) is 14.5. The van der Waals surface area contributed by atoms with E-state index in [1.54, 1.807) is 6.92 Å². The Morgan fingerprint density at radius 1 is 1.32 bits per heavy atom. The highest BCUT2D eigenvalue weighted by Gasteiger charge is 2.29. The summed E-state index contributed by atoms with van der Waals surface area (Å²) in [5.41, 5.74) is 6.11. The van der Waals surface area contributed by atoms with Crippen molar-refractivity contribution in [3.8, 4) is 5.75 Å². The Morgan fingerprint density at radius 2 is 1.89 bits per heavy atom. The lowest BCUT2D eigenvalue weighted by Crippen LogP contribution is -2.46. The van der Waals surface area contributed by atoms with Gasteiger partial charge in [0, 0.05) is 6.42 Å². The molecule has 19 heavy (non-hydrogen) atoms. The second-order valence-corrected chi connectivity index (χ2v) is 5.23. The first kappa shape index (κ1) is 15.5. The molecule has 1 aromatic carbocycles. The van der Waals surface area contributed by atoms with Crippen molar-refractivity contribution in [2.45, 2.75) is 38.6 Å². The van der Waals surface area contributed by atoms with Crippen LogP contribution in [0.2, 0.25) is 0 Å². The molecule has 0 aliphatic rings. The molecule has 1 rings (SSSR count). The van der Waals surface area contributed by atoms with Crippen LogP contribution in [-0.2, 0) is 9.53 Å². The highest BCUT2D eigenvalue weighted by molar-refractivity contribution is 5.79. The molecular weight excluding hydrogens is 242 g/mol. The number of benzene rings is 1. The van der Waals surface area contributed by atoms with Crippen molar-refractivity contribution in [3.63, 3.8) is 0 Å². The number of carbonyl (C=O) groups is 1. The van der Waals surface area contributed by atoms with E-state index >= 15 is 0 Å². The molecule has 0 saturated carbocycles. The number of hydrogen-bond acceptors (Lipinski definition) is 4. The van der Waals surface area contributed by atoms with Crippen LogP contribution < -0.4 is 10.5 Å². The standard InChI is InChI=1S/C15H23NO3/c1-11(2)12-5-7-13(8-6-12)19-10-9-15(3,16)14(17)18-4/h5-8,11H,9-10,16H2,1-4H3. The molecule has 0 heterocycles. The Hall–Kier alpha value is -1.55. The van der Waals surface area contributed by atoms with Crippen molar-refractivity contribution in [1.82, 2.24) is 0 Å². The number of carbonyl (C=O) groups excluding carboxylic acids is 1. The van der Waals surface area contributed by atoms with Crippen LogP contribution in [0.25, 0.3) is 0 Å². The summed E-state index contributed by atoms with van der Waals surface area (Å²) in [6.07, 6.45) is 0.408. The maximum atomic E-state index is 11.4. The van der Waals surface area contributed by atoms with Crippen LogP contribution in [0.4, 0.5) is 0 Å². The van der Waals surface area contributed by atoms with E-state index in [2.05, 4.69) is 18.6 Å². The molecule has 2 N–H and O–H groups in total. The van der Waals surface area contributed by atoms with Crippen LogP contribution in [0.1, 0.15) is 38.7 Å². The van der Waals surface area contributed by atoms with E-state index in [1.807, 2.05) is 24.3 Å². The third-order valence-electron chi connectivity index (χ3n) is 3.09. The van der Waals surface area contributed by atoms with Crippen LogP contribution in [0.15, 0.2) is 24.3 Å². The first-order valence-corrected chi connectivity index (χ1v) is 6.47. The van der Waals surface area contributed by atoms with Gasteiger partial charge < -0.3 is 15.2 Å². The van der Waals surface area contributed by atoms with Gasteiger partial charge >= 0.3 is 5.97 Å². The predicted octanol–water partition coefficient (Wildman–Crippen LogP) is 2.47. The fourth-order valence-electron chi connectivity index (χ4n) is 1.67. The molecule has 0 spiro atoms. The number of esters is 1. The summed E-state index contributed by atoms with van der Waals surface area (Å²) >= 11 is 0. The molecule has 4 nitrogen and oxygen atoms in total. The maximum Gasteiger partial charge on any atom is 0.325 e. The summed E-state index contributed by atoms with van der Waals surface area (Å²) < 4.78 is 10.2. The summed E-state index contributed by atoms with van der Waals surface area (Å²) in [6, 6.07) is 7.95. The van der Waals surface area contributed by atoms with Crippen LogP contribution in [-0.4, -0.2) is 25.2 Å². The normalized spacial score (nSPS) is 14.0. The van der Waals surface area contributed by atoms with Gasteiger partial charge in [0.1, 0.15) is 11.3 Å². The number of hydrogen-bond donors (Lipinski definition) is 1. The molecule has 0 bridgehead atoms. The molecular formula is C15H23NO3. The maximum absolute atomic E-state index is 11.4. The lowest BCUT2D eigenvalue weighted by molar-refractivity contribution is -0.146. The van der Waals surface area contributed by atoms with E-state index in [4.69, 9.17) is 10.5 Å². The number of ether oxygens (including phenoxy) is 2. The molecule has 0 aliphatic heterocycles. The number of methoxy groups -OCH3 is 1. The second-order valence-electron chi connectivity index (χ2n) is 5.23. The van der Waals surface area contributed by atoms with Crippen LogP contribution >= 0.6 is 0 Å². The van der Waals surface area contributed by atoms with Gasteiger partial charge in [-0.1, -0.05) is 26.0 Å². The molecule has 0 aliphatic carbocycles. The molecule has 4 heteroatoms. The highest BCUT2D eigenvalue weighted by Crippen LogP contribution is 2.19. The summed E-state index contributed by atoms with van der Waals surface area (Å²) in [5.74, 6) is 0.858. The minimum atomic E-state index is -1.01. The van der Waals surface area contributed by atoms with E-state index in [9.17, 15) is 4.79 Å². The first-order valence-electron chi connectivity index (χ1n) is 6.47. The number of rotatable bonds is 6. The zero-order valence-corrected chi connectivity index (χ0v) is 12.1. The van der Waals surface area contributed by atoms with E-state index in [-0.39, 0.29) is 0 Å². The van der Waals surface area contributed by atoms with Crippen molar-refractivity contribution in [2.24, 2.45) is 5.73 Å². The molecule has 0 amide bonds. The van der Waals surface area contributed by atoms with Gasteiger partial charge in [0.25, 0.3) is 0 Å². The van der Waals surface area contributed by atoms with Crippen molar-refractivity contribution < 1.29 is 14.3 Å². The Morgan fingerprint density at radius 3 is 2.37 bits per heavy atom. The third kappa shape index (κ3) is 4.56. The van der Waals surface area contributed by atoms with Gasteiger partial charge in [-0.25, -0.2) is 0 Å². The van der Waals surface area contributed by atoms with E-state index in [0.29, 0.717) is 18.9 Å². The largest absolute Gasteiger partial charge is 0.494 e. The quantitative estimate of drug-likeness (QED) is 0.803. The summed E-state index contributed by atoms with van der Waals surface area (Å²) in [6.45, 7) is 6.31. The molecule has 0 radical (unpaired) electrons. The smallest absolute Gasteiger partial charge is 0.325 e. The Bertz CT molecular complexity index is 410. The van der Waals surface area contributed by atoms with E-state index in [0.717, 1.165) is 5.75 Å². The second kappa shape index (κ2) is 6.57. The zero-order valence-electron chi connectivity index (χ0n) is 12.1. The van der Waals surface area contributed by atoms with Gasteiger partial charge in [-0.15, -0.1) is 0 Å². The molecule has 0 saturated heterocycles. The Balaban J connectivity index is 2.47. The predicted molar refractivity (Wildman–Crippen MR) is 75.3 cm³/mol. The van der Waals surface area contributed by atoms with Gasteiger partial charge in [0.05, 0.1) is 13.7 Å². The van der Waals surface area contributed by atoms with Crippen molar-refractivity contribution in [3.05, 3.63) is 29.8 Å². The molecule has 0 fully saturated rings. The van der Waals surface area contributed by atoms with Gasteiger partial charge in [-0.05, 0) is 30.5 Å². The molecule has 106 valence electrons. The van der Waals surface area contributed by atoms with Crippen molar-refractivity contribution >= 4 is 5.97 Å². The van der Waals surface area contributed by atoms with Crippen molar-refractivity contribution in [2.75, 3.05) is 13.7 Å². The van der Waals surface area contributed by atoms with Gasteiger partial charge in [0.2, 0.25) is 0 Å². The lowest BCUT2D eigenvalue weighted by atomic mass is 10.0. The summed E-state index contributed by atoms with van der Waals surface area (Å²) in [5, 5.41) is 0. The minimum Gasteiger partial charge on any atom is -0.494 e. The first-order chi connectivity index (χ1) is 8.86. The van der Waals surface area contributed by atoms with E-state index in [1.165, 1.54) is 12.7 Å². The summed E-state index contributed by atoms with van der Waals surface area (Å²) in [4.78, 5) is 11.4. The van der Waals surface area contributed by atoms with Gasteiger partial charge in [-0.2, -0.15) is 0 Å². The molecule has 1 atom stereocenters. The number of nitrogens with two attached hydrogens (primary N) is 1. The Kier molecular flexibility index (Phi) is 5.36. The lowest BCUT2D eigenvalue weighted by Gasteiger charge is -2.21. The van der Waals surface area contributed by atoms with E-state index < -0.39 is 11.5 Å². The summed E-state index contributed by atoms with van der Waals surface area (Å²) in [7, 11) is 1.33. The third-order valence-corrected chi connectivity index (χ3v) is 3.09. The van der Waals surface area contributed by atoms with Crippen molar-refractivity contribution in [1.29, 1.82) is 0 Å². The molecule has 1 aromatic rings. The average molecular weight is 265 g/mol. The highest BCUT2D eigenvalue weighted by atomic mass is 16.5.